The molecule has 0 fully saturated rings. The molecule has 2 aromatic rings. The number of hydrogen-bond donors (Lipinski definition) is 1. The molecular weight excluding hydrogens is 262 g/mol. The minimum atomic E-state index is -1.23. The van der Waals surface area contributed by atoms with E-state index in [1.807, 2.05) is 0 Å². The van der Waals surface area contributed by atoms with Crippen molar-refractivity contribution in [3.8, 4) is 11.1 Å². The fraction of sp³-hybridized carbons (Fsp3) is 0. The molecule has 2 rings (SSSR count). The summed E-state index contributed by atoms with van der Waals surface area (Å²) in [6.45, 7) is 0. The van der Waals surface area contributed by atoms with Gasteiger partial charge in [-0.2, -0.15) is 0 Å². The predicted octanol–water partition coefficient (Wildman–Crippen LogP) is 3.98. The number of carbonyl (C=O) groups is 1. The molecule has 0 unspecified atom stereocenters. The van der Waals surface area contributed by atoms with Crippen molar-refractivity contribution in [1.29, 1.82) is 0 Å². The SMILES string of the molecule is O=C(O)c1ccc(-c2cc(F)ccc2Cl)c(F)c1. The summed E-state index contributed by atoms with van der Waals surface area (Å²) in [5.41, 5.74) is 0.0689. The van der Waals surface area contributed by atoms with Gasteiger partial charge in [0.2, 0.25) is 0 Å². The van der Waals surface area contributed by atoms with Crippen LogP contribution in [-0.2, 0) is 0 Å². The first-order valence-corrected chi connectivity index (χ1v) is 5.35. The summed E-state index contributed by atoms with van der Waals surface area (Å²) < 4.78 is 26.9. The second kappa shape index (κ2) is 4.74. The Morgan fingerprint density at radius 1 is 1.06 bits per heavy atom. The average molecular weight is 269 g/mol. The molecule has 0 aliphatic heterocycles. The van der Waals surface area contributed by atoms with E-state index in [0.29, 0.717) is 0 Å². The van der Waals surface area contributed by atoms with Crippen LogP contribution in [0, 0.1) is 11.6 Å². The zero-order chi connectivity index (χ0) is 13.3. The van der Waals surface area contributed by atoms with Crippen molar-refractivity contribution in [3.05, 3.63) is 58.6 Å². The van der Waals surface area contributed by atoms with Gasteiger partial charge in [0.05, 0.1) is 5.56 Å². The topological polar surface area (TPSA) is 37.3 Å². The van der Waals surface area contributed by atoms with Gasteiger partial charge in [-0.25, -0.2) is 13.6 Å². The average Bonchev–Trinajstić information content (AvgIpc) is 2.32. The molecule has 0 bridgehead atoms. The van der Waals surface area contributed by atoms with Gasteiger partial charge in [0.25, 0.3) is 0 Å². The number of benzene rings is 2. The van der Waals surface area contributed by atoms with Gasteiger partial charge in [0.1, 0.15) is 11.6 Å². The lowest BCUT2D eigenvalue weighted by atomic mass is 10.0. The fourth-order valence-electron chi connectivity index (χ4n) is 1.57. The van der Waals surface area contributed by atoms with Crippen LogP contribution in [-0.4, -0.2) is 11.1 Å². The highest BCUT2D eigenvalue weighted by Crippen LogP contribution is 2.30. The maximum Gasteiger partial charge on any atom is 0.335 e. The lowest BCUT2D eigenvalue weighted by molar-refractivity contribution is 0.0696. The monoisotopic (exact) mass is 268 g/mol. The Kier molecular flexibility index (Phi) is 3.30. The molecule has 0 saturated heterocycles. The van der Waals surface area contributed by atoms with Gasteiger partial charge in [0, 0.05) is 16.1 Å². The van der Waals surface area contributed by atoms with E-state index >= 15 is 0 Å². The number of carboxylic acid groups (broad SMARTS) is 1. The van der Waals surface area contributed by atoms with Crippen LogP contribution in [0.3, 0.4) is 0 Å². The van der Waals surface area contributed by atoms with Crippen molar-refractivity contribution < 1.29 is 18.7 Å². The quantitative estimate of drug-likeness (QED) is 0.894. The van der Waals surface area contributed by atoms with Crippen molar-refractivity contribution in [2.45, 2.75) is 0 Å². The van der Waals surface area contributed by atoms with Crippen LogP contribution >= 0.6 is 11.6 Å². The number of hydrogen-bond acceptors (Lipinski definition) is 1. The van der Waals surface area contributed by atoms with E-state index in [4.69, 9.17) is 16.7 Å². The molecule has 0 heterocycles. The molecule has 0 radical (unpaired) electrons. The Hall–Kier alpha value is -1.94. The maximum atomic E-state index is 13.8. The minimum Gasteiger partial charge on any atom is -0.478 e. The number of aromatic carboxylic acids is 1. The van der Waals surface area contributed by atoms with E-state index in [-0.39, 0.29) is 21.7 Å². The fourth-order valence-corrected chi connectivity index (χ4v) is 1.79. The normalized spacial score (nSPS) is 10.4. The van der Waals surface area contributed by atoms with Gasteiger partial charge >= 0.3 is 5.97 Å². The van der Waals surface area contributed by atoms with E-state index in [9.17, 15) is 13.6 Å². The molecule has 0 spiro atoms. The summed E-state index contributed by atoms with van der Waals surface area (Å²) in [7, 11) is 0. The Morgan fingerprint density at radius 3 is 2.39 bits per heavy atom. The third kappa shape index (κ3) is 2.33. The van der Waals surface area contributed by atoms with Crippen molar-refractivity contribution in [2.24, 2.45) is 0 Å². The van der Waals surface area contributed by atoms with Gasteiger partial charge in [-0.15, -0.1) is 0 Å². The molecule has 0 aromatic heterocycles. The van der Waals surface area contributed by atoms with Crippen LogP contribution in [0.2, 0.25) is 5.02 Å². The summed E-state index contributed by atoms with van der Waals surface area (Å²) in [6.07, 6.45) is 0. The first-order valence-electron chi connectivity index (χ1n) is 4.97. The van der Waals surface area contributed by atoms with Crippen LogP contribution in [0.4, 0.5) is 8.78 Å². The number of rotatable bonds is 2. The summed E-state index contributed by atoms with van der Waals surface area (Å²) in [4.78, 5) is 10.7. The van der Waals surface area contributed by atoms with E-state index in [1.54, 1.807) is 0 Å². The largest absolute Gasteiger partial charge is 0.478 e. The van der Waals surface area contributed by atoms with Crippen LogP contribution in [0.15, 0.2) is 36.4 Å². The Balaban J connectivity index is 2.58. The van der Waals surface area contributed by atoms with Crippen molar-refractivity contribution >= 4 is 17.6 Å². The molecule has 0 aliphatic carbocycles. The van der Waals surface area contributed by atoms with Gasteiger partial charge in [0.15, 0.2) is 0 Å². The van der Waals surface area contributed by atoms with Crippen molar-refractivity contribution in [1.82, 2.24) is 0 Å². The molecule has 5 heteroatoms. The Bertz CT molecular complexity index is 626. The molecular formula is C13H7ClF2O2. The second-order valence-corrected chi connectivity index (χ2v) is 4.03. The lowest BCUT2D eigenvalue weighted by Crippen LogP contribution is -1.98. The van der Waals surface area contributed by atoms with Crippen LogP contribution in [0.25, 0.3) is 11.1 Å². The number of halogens is 3. The summed E-state index contributed by atoms with van der Waals surface area (Å²) in [6, 6.07) is 6.95. The highest BCUT2D eigenvalue weighted by Gasteiger charge is 2.12. The molecule has 0 atom stereocenters. The smallest absolute Gasteiger partial charge is 0.335 e. The first kappa shape index (κ1) is 12.5. The van der Waals surface area contributed by atoms with Crippen LogP contribution < -0.4 is 0 Å². The zero-order valence-electron chi connectivity index (χ0n) is 8.95. The standard InChI is InChI=1S/C13H7ClF2O2/c14-11-4-2-8(15)6-10(11)9-3-1-7(13(17)18)5-12(9)16/h1-6H,(H,17,18). The van der Waals surface area contributed by atoms with E-state index in [0.717, 1.165) is 18.2 Å². The second-order valence-electron chi connectivity index (χ2n) is 3.62. The van der Waals surface area contributed by atoms with E-state index in [1.165, 1.54) is 18.2 Å². The molecule has 0 saturated carbocycles. The minimum absolute atomic E-state index is 0.0597. The highest BCUT2D eigenvalue weighted by molar-refractivity contribution is 6.33. The van der Waals surface area contributed by atoms with E-state index < -0.39 is 17.6 Å². The summed E-state index contributed by atoms with van der Waals surface area (Å²) >= 11 is 5.86. The van der Waals surface area contributed by atoms with Gasteiger partial charge in [-0.3, -0.25) is 0 Å². The first-order chi connectivity index (χ1) is 8.49. The molecule has 0 aliphatic rings. The summed E-state index contributed by atoms with van der Waals surface area (Å²) in [5, 5.41) is 8.91. The Morgan fingerprint density at radius 2 is 1.78 bits per heavy atom. The third-order valence-electron chi connectivity index (χ3n) is 2.43. The molecule has 18 heavy (non-hydrogen) atoms. The highest BCUT2D eigenvalue weighted by atomic mass is 35.5. The van der Waals surface area contributed by atoms with Crippen LogP contribution in [0.5, 0.6) is 0 Å². The Labute approximate surface area is 106 Å². The third-order valence-corrected chi connectivity index (χ3v) is 2.76. The van der Waals surface area contributed by atoms with Crippen LogP contribution in [0.1, 0.15) is 10.4 Å². The molecule has 1 N–H and O–H groups in total. The van der Waals surface area contributed by atoms with Crippen molar-refractivity contribution in [2.75, 3.05) is 0 Å². The zero-order valence-corrected chi connectivity index (χ0v) is 9.71. The molecule has 2 nitrogen and oxygen atoms in total. The molecule has 0 amide bonds. The number of carboxylic acids is 1. The van der Waals surface area contributed by atoms with Gasteiger partial charge in [-0.05, 0) is 30.3 Å². The molecule has 92 valence electrons. The van der Waals surface area contributed by atoms with Gasteiger partial charge in [-0.1, -0.05) is 17.7 Å². The van der Waals surface area contributed by atoms with Crippen molar-refractivity contribution in [3.63, 3.8) is 0 Å². The maximum absolute atomic E-state index is 13.8. The summed E-state index contributed by atoms with van der Waals surface area (Å²) in [5.74, 6) is -2.54. The van der Waals surface area contributed by atoms with Gasteiger partial charge < -0.3 is 5.11 Å². The predicted molar refractivity (Wildman–Crippen MR) is 63.8 cm³/mol. The lowest BCUT2D eigenvalue weighted by Gasteiger charge is -2.07. The molecule has 2 aromatic carbocycles. The van der Waals surface area contributed by atoms with E-state index in [2.05, 4.69) is 0 Å².